The molecule has 0 radical (unpaired) electrons. The summed E-state index contributed by atoms with van der Waals surface area (Å²) >= 11 is 4.97. The number of rotatable bonds is 3. The molecule has 0 spiro atoms. The molecule has 0 saturated heterocycles. The molecular formula is C13H19N3S. The fraction of sp³-hybridized carbons (Fsp3) is 0.538. The van der Waals surface area contributed by atoms with Gasteiger partial charge >= 0.3 is 0 Å². The van der Waals surface area contributed by atoms with Crippen molar-refractivity contribution in [3.63, 3.8) is 0 Å². The summed E-state index contributed by atoms with van der Waals surface area (Å²) in [5, 5.41) is 3.49. The molecule has 3 unspecified atom stereocenters. The molecule has 0 aliphatic heterocycles. The van der Waals surface area contributed by atoms with Crippen molar-refractivity contribution in [2.75, 3.05) is 5.32 Å². The minimum atomic E-state index is 0.420. The van der Waals surface area contributed by atoms with E-state index in [0.29, 0.717) is 16.9 Å². The number of nitrogens with one attached hydrogen (secondary N) is 1. The zero-order chi connectivity index (χ0) is 12.4. The zero-order valence-electron chi connectivity index (χ0n) is 10.3. The third-order valence-corrected chi connectivity index (χ3v) is 4.08. The highest BCUT2D eigenvalue weighted by molar-refractivity contribution is 7.80. The van der Waals surface area contributed by atoms with E-state index < -0.39 is 0 Å². The molecular weight excluding hydrogens is 230 g/mol. The number of pyridine rings is 1. The van der Waals surface area contributed by atoms with Crippen LogP contribution in [-0.2, 0) is 0 Å². The van der Waals surface area contributed by atoms with Crippen molar-refractivity contribution in [2.45, 2.75) is 32.7 Å². The Labute approximate surface area is 108 Å². The van der Waals surface area contributed by atoms with E-state index in [1.165, 1.54) is 12.8 Å². The van der Waals surface area contributed by atoms with Crippen LogP contribution in [0.4, 0.5) is 5.82 Å². The first-order valence-electron chi connectivity index (χ1n) is 6.10. The quantitative estimate of drug-likeness (QED) is 0.808. The maximum Gasteiger partial charge on any atom is 0.126 e. The lowest BCUT2D eigenvalue weighted by Gasteiger charge is -2.20. The number of nitrogens with zero attached hydrogens (tertiary/aromatic N) is 1. The van der Waals surface area contributed by atoms with Crippen LogP contribution in [0.2, 0.25) is 0 Å². The van der Waals surface area contributed by atoms with Crippen LogP contribution in [0.3, 0.4) is 0 Å². The summed E-state index contributed by atoms with van der Waals surface area (Å²) < 4.78 is 0. The molecule has 2 rings (SSSR count). The van der Waals surface area contributed by atoms with Gasteiger partial charge in [-0.05, 0) is 36.8 Å². The second-order valence-corrected chi connectivity index (χ2v) is 5.40. The van der Waals surface area contributed by atoms with E-state index in [2.05, 4.69) is 24.1 Å². The number of hydrogen-bond donors (Lipinski definition) is 2. The highest BCUT2D eigenvalue weighted by atomic mass is 32.1. The molecule has 1 aliphatic carbocycles. The van der Waals surface area contributed by atoms with Crippen molar-refractivity contribution >= 4 is 23.0 Å². The first kappa shape index (κ1) is 12.3. The molecule has 1 aliphatic rings. The summed E-state index contributed by atoms with van der Waals surface area (Å²) in [6.07, 6.45) is 4.25. The molecule has 1 heterocycles. The topological polar surface area (TPSA) is 50.9 Å². The minimum Gasteiger partial charge on any atom is -0.389 e. The molecule has 92 valence electrons. The molecule has 0 amide bonds. The third-order valence-electron chi connectivity index (χ3n) is 3.84. The van der Waals surface area contributed by atoms with Crippen LogP contribution in [0.1, 0.15) is 32.3 Å². The predicted octanol–water partition coefficient (Wildman–Crippen LogP) is 2.56. The molecule has 3 nitrogen and oxygen atoms in total. The normalized spacial score (nSPS) is 28.0. The van der Waals surface area contributed by atoms with Crippen LogP contribution < -0.4 is 11.1 Å². The summed E-state index contributed by atoms with van der Waals surface area (Å²) in [6.45, 7) is 4.61. The molecule has 3 atom stereocenters. The summed E-state index contributed by atoms with van der Waals surface area (Å²) in [6, 6.07) is 4.28. The molecule has 1 aromatic rings. The van der Waals surface area contributed by atoms with E-state index in [0.717, 1.165) is 17.3 Å². The third kappa shape index (κ3) is 2.75. The number of nitrogens with two attached hydrogens (primary N) is 1. The lowest BCUT2D eigenvalue weighted by molar-refractivity contribution is 0.435. The summed E-state index contributed by atoms with van der Waals surface area (Å²) in [4.78, 5) is 4.74. The second kappa shape index (κ2) is 5.00. The lowest BCUT2D eigenvalue weighted by atomic mass is 9.98. The van der Waals surface area contributed by atoms with Crippen molar-refractivity contribution < 1.29 is 0 Å². The van der Waals surface area contributed by atoms with Gasteiger partial charge in [0.2, 0.25) is 0 Å². The van der Waals surface area contributed by atoms with Gasteiger partial charge < -0.3 is 11.1 Å². The smallest absolute Gasteiger partial charge is 0.126 e. The number of thiocarbonyl (C=S) groups is 1. The van der Waals surface area contributed by atoms with E-state index in [1.54, 1.807) is 6.20 Å². The standard InChI is InChI=1S/C13H19N3S/c1-8-3-4-11(9(8)2)16-12-7-10(13(14)17)5-6-15-12/h5-9,11H,3-4H2,1-2H3,(H2,14,17)(H,15,16). The fourth-order valence-corrected chi connectivity index (χ4v) is 2.55. The van der Waals surface area contributed by atoms with Gasteiger partial charge in [0, 0.05) is 17.8 Å². The van der Waals surface area contributed by atoms with Crippen molar-refractivity contribution in [1.29, 1.82) is 0 Å². The first-order valence-corrected chi connectivity index (χ1v) is 6.51. The molecule has 1 fully saturated rings. The van der Waals surface area contributed by atoms with Gasteiger partial charge in [-0.2, -0.15) is 0 Å². The summed E-state index contributed by atoms with van der Waals surface area (Å²) in [5.74, 6) is 2.35. The molecule has 1 aromatic heterocycles. The largest absolute Gasteiger partial charge is 0.389 e. The fourth-order valence-electron chi connectivity index (χ4n) is 2.42. The van der Waals surface area contributed by atoms with Gasteiger partial charge in [0.05, 0.1) is 0 Å². The van der Waals surface area contributed by atoms with E-state index in [-0.39, 0.29) is 0 Å². The molecule has 3 N–H and O–H groups in total. The zero-order valence-corrected chi connectivity index (χ0v) is 11.1. The Hall–Kier alpha value is -1.16. The number of aromatic nitrogens is 1. The average molecular weight is 249 g/mol. The van der Waals surface area contributed by atoms with Crippen LogP contribution in [0.5, 0.6) is 0 Å². The van der Waals surface area contributed by atoms with Gasteiger partial charge in [-0.1, -0.05) is 26.1 Å². The van der Waals surface area contributed by atoms with Crippen LogP contribution in [0, 0.1) is 11.8 Å². The molecule has 0 bridgehead atoms. The van der Waals surface area contributed by atoms with Crippen LogP contribution in [-0.4, -0.2) is 16.0 Å². The Balaban J connectivity index is 2.08. The van der Waals surface area contributed by atoms with E-state index >= 15 is 0 Å². The van der Waals surface area contributed by atoms with Crippen molar-refractivity contribution in [3.05, 3.63) is 23.9 Å². The Morgan fingerprint density at radius 2 is 2.24 bits per heavy atom. The van der Waals surface area contributed by atoms with Gasteiger partial charge in [0.15, 0.2) is 0 Å². The van der Waals surface area contributed by atoms with Gasteiger partial charge in [-0.15, -0.1) is 0 Å². The van der Waals surface area contributed by atoms with Gasteiger partial charge in [-0.25, -0.2) is 4.98 Å². The van der Waals surface area contributed by atoms with Crippen molar-refractivity contribution in [1.82, 2.24) is 4.98 Å². The van der Waals surface area contributed by atoms with Gasteiger partial charge in [-0.3, -0.25) is 0 Å². The average Bonchev–Trinajstić information content (AvgIpc) is 2.61. The van der Waals surface area contributed by atoms with E-state index in [1.807, 2.05) is 12.1 Å². The SMILES string of the molecule is CC1CCC(Nc2cc(C(N)=S)ccn2)C1C. The van der Waals surface area contributed by atoms with Crippen LogP contribution >= 0.6 is 12.2 Å². The number of anilines is 1. The Morgan fingerprint density at radius 1 is 1.47 bits per heavy atom. The maximum absolute atomic E-state index is 5.62. The Morgan fingerprint density at radius 3 is 2.82 bits per heavy atom. The molecule has 17 heavy (non-hydrogen) atoms. The van der Waals surface area contributed by atoms with Gasteiger partial charge in [0.25, 0.3) is 0 Å². The number of hydrogen-bond acceptors (Lipinski definition) is 3. The molecule has 1 saturated carbocycles. The highest BCUT2D eigenvalue weighted by Gasteiger charge is 2.29. The highest BCUT2D eigenvalue weighted by Crippen LogP contribution is 2.32. The maximum atomic E-state index is 5.62. The second-order valence-electron chi connectivity index (χ2n) is 4.96. The lowest BCUT2D eigenvalue weighted by Crippen LogP contribution is -2.24. The Kier molecular flexibility index (Phi) is 3.62. The van der Waals surface area contributed by atoms with Crippen LogP contribution in [0.25, 0.3) is 0 Å². The molecule has 4 heteroatoms. The van der Waals surface area contributed by atoms with Crippen molar-refractivity contribution in [2.24, 2.45) is 17.6 Å². The summed E-state index contributed by atoms with van der Waals surface area (Å²) in [5.41, 5.74) is 6.49. The molecule has 0 aromatic carbocycles. The minimum absolute atomic E-state index is 0.420. The predicted molar refractivity (Wildman–Crippen MR) is 75.1 cm³/mol. The Bertz CT molecular complexity index is 419. The van der Waals surface area contributed by atoms with E-state index in [4.69, 9.17) is 18.0 Å². The monoisotopic (exact) mass is 249 g/mol. The van der Waals surface area contributed by atoms with Crippen LogP contribution in [0.15, 0.2) is 18.3 Å². The van der Waals surface area contributed by atoms with Crippen molar-refractivity contribution in [3.8, 4) is 0 Å². The first-order chi connectivity index (χ1) is 8.08. The van der Waals surface area contributed by atoms with Gasteiger partial charge in [0.1, 0.15) is 10.8 Å². The van der Waals surface area contributed by atoms with E-state index in [9.17, 15) is 0 Å². The summed E-state index contributed by atoms with van der Waals surface area (Å²) in [7, 11) is 0.